The predicted octanol–water partition coefficient (Wildman–Crippen LogP) is 4.46. The second-order valence-corrected chi connectivity index (χ2v) is 8.33. The molecule has 3 rings (SSSR count). The Labute approximate surface area is 157 Å². The summed E-state index contributed by atoms with van der Waals surface area (Å²) in [6.45, 7) is 7.75. The number of rotatable bonds is 3. The molecule has 1 N–H and O–H groups in total. The highest BCUT2D eigenvalue weighted by molar-refractivity contribution is 7.80. The maximum absolute atomic E-state index is 9.00. The van der Waals surface area contributed by atoms with Crippen molar-refractivity contribution in [2.45, 2.75) is 27.7 Å². The Morgan fingerprint density at radius 3 is 1.12 bits per heavy atom. The average Bonchev–Trinajstić information content (AvgIpc) is 2.59. The molecule has 26 heavy (non-hydrogen) atoms. The normalized spacial score (nSPS) is 10.2. The minimum atomic E-state index is -0.833. The Balaban J connectivity index is 0.000000552. The number of carbonyl (C=O) groups is 1. The molecule has 0 atom stereocenters. The van der Waals surface area contributed by atoms with Gasteiger partial charge in [0.2, 0.25) is 0 Å². The van der Waals surface area contributed by atoms with Crippen molar-refractivity contribution in [2.24, 2.45) is 0 Å². The molecule has 0 spiro atoms. The number of aryl methyl sites for hydroxylation is 3. The van der Waals surface area contributed by atoms with E-state index in [1.807, 2.05) is 0 Å². The van der Waals surface area contributed by atoms with Crippen LogP contribution in [0.4, 0.5) is 0 Å². The molecule has 3 aromatic carbocycles. The fourth-order valence-corrected chi connectivity index (χ4v) is 5.60. The van der Waals surface area contributed by atoms with E-state index < -0.39 is 13.9 Å². The molecule has 0 aliphatic rings. The highest BCUT2D eigenvalue weighted by atomic mass is 31.1. The van der Waals surface area contributed by atoms with Crippen LogP contribution in [0, 0.1) is 20.8 Å². The predicted molar refractivity (Wildman–Crippen MR) is 113 cm³/mol. The Morgan fingerprint density at radius 2 is 0.885 bits per heavy atom. The van der Waals surface area contributed by atoms with Gasteiger partial charge < -0.3 is 5.11 Å². The van der Waals surface area contributed by atoms with Gasteiger partial charge in [-0.15, -0.1) is 0 Å². The molecule has 3 aromatic rings. The Bertz CT molecular complexity index is 774. The molecule has 0 aromatic heterocycles. The van der Waals surface area contributed by atoms with E-state index in [0.29, 0.717) is 0 Å². The van der Waals surface area contributed by atoms with Gasteiger partial charge in [-0.2, -0.15) is 0 Å². The first-order valence-electron chi connectivity index (χ1n) is 8.58. The summed E-state index contributed by atoms with van der Waals surface area (Å²) in [7, 11) is -0.508. The van der Waals surface area contributed by atoms with Crippen LogP contribution < -0.4 is 15.9 Å². The van der Waals surface area contributed by atoms with Gasteiger partial charge in [0.05, 0.1) is 0 Å². The van der Waals surface area contributed by atoms with E-state index in [9.17, 15) is 0 Å². The van der Waals surface area contributed by atoms with Crippen LogP contribution in [0.2, 0.25) is 0 Å². The van der Waals surface area contributed by atoms with Gasteiger partial charge in [0.25, 0.3) is 5.97 Å². The van der Waals surface area contributed by atoms with E-state index in [1.54, 1.807) is 0 Å². The standard InChI is InChI=1S/C21H21P.C2H4O2/c1-16-10-4-7-13-19(16)22(20-14-8-5-11-17(20)2)21-15-9-6-12-18(21)3;1-2(3)4/h4-15H,1-3H3;1H3,(H,3,4). The molecule has 2 nitrogen and oxygen atoms in total. The zero-order valence-electron chi connectivity index (χ0n) is 15.7. The number of hydrogen-bond donors (Lipinski definition) is 1. The number of aliphatic carboxylic acids is 1. The monoisotopic (exact) mass is 364 g/mol. The van der Waals surface area contributed by atoms with Crippen LogP contribution in [-0.4, -0.2) is 11.1 Å². The highest BCUT2D eigenvalue weighted by Gasteiger charge is 2.20. The van der Waals surface area contributed by atoms with Gasteiger partial charge >= 0.3 is 0 Å². The third-order valence-electron chi connectivity index (χ3n) is 4.07. The molecule has 0 saturated carbocycles. The molecule has 3 heteroatoms. The molecule has 0 fully saturated rings. The van der Waals surface area contributed by atoms with E-state index in [1.165, 1.54) is 32.6 Å². The number of carboxylic acids is 1. The van der Waals surface area contributed by atoms with Crippen LogP contribution in [0.3, 0.4) is 0 Å². The maximum atomic E-state index is 9.00. The molecular weight excluding hydrogens is 339 g/mol. The van der Waals surface area contributed by atoms with Gasteiger partial charge in [0.15, 0.2) is 0 Å². The lowest BCUT2D eigenvalue weighted by molar-refractivity contribution is -0.134. The summed E-state index contributed by atoms with van der Waals surface area (Å²) < 4.78 is 0. The van der Waals surface area contributed by atoms with Crippen molar-refractivity contribution >= 4 is 29.8 Å². The lowest BCUT2D eigenvalue weighted by Crippen LogP contribution is -2.25. The highest BCUT2D eigenvalue weighted by Crippen LogP contribution is 2.36. The van der Waals surface area contributed by atoms with Gasteiger partial charge in [0.1, 0.15) is 0 Å². The average molecular weight is 364 g/mol. The topological polar surface area (TPSA) is 37.3 Å². The van der Waals surface area contributed by atoms with Gasteiger partial charge in [-0.1, -0.05) is 72.8 Å². The van der Waals surface area contributed by atoms with Crippen LogP contribution in [0.15, 0.2) is 72.8 Å². The Kier molecular flexibility index (Phi) is 7.12. The van der Waals surface area contributed by atoms with Gasteiger partial charge in [-0.25, -0.2) is 0 Å². The second kappa shape index (κ2) is 9.31. The number of benzene rings is 3. The number of hydrogen-bond acceptors (Lipinski definition) is 1. The summed E-state index contributed by atoms with van der Waals surface area (Å²) in [5, 5.41) is 11.8. The first kappa shape index (κ1) is 19.9. The first-order valence-corrected chi connectivity index (χ1v) is 9.92. The lowest BCUT2D eigenvalue weighted by Gasteiger charge is -2.24. The lowest BCUT2D eigenvalue weighted by atomic mass is 10.2. The van der Waals surface area contributed by atoms with Crippen molar-refractivity contribution in [3.05, 3.63) is 89.5 Å². The fraction of sp³-hybridized carbons (Fsp3) is 0.174. The van der Waals surface area contributed by atoms with Crippen LogP contribution >= 0.6 is 7.92 Å². The van der Waals surface area contributed by atoms with Crippen molar-refractivity contribution < 1.29 is 9.90 Å². The summed E-state index contributed by atoms with van der Waals surface area (Å²) in [5.74, 6) is -0.833. The molecule has 0 bridgehead atoms. The zero-order valence-corrected chi connectivity index (χ0v) is 16.6. The molecule has 0 aliphatic heterocycles. The third kappa shape index (κ3) is 5.03. The van der Waals surface area contributed by atoms with Crippen LogP contribution in [0.1, 0.15) is 23.6 Å². The van der Waals surface area contributed by atoms with Gasteiger partial charge in [0, 0.05) is 6.92 Å². The van der Waals surface area contributed by atoms with E-state index in [-0.39, 0.29) is 0 Å². The van der Waals surface area contributed by atoms with Gasteiger partial charge in [-0.3, -0.25) is 4.79 Å². The smallest absolute Gasteiger partial charge is 0.300 e. The van der Waals surface area contributed by atoms with E-state index in [2.05, 4.69) is 93.6 Å². The molecule has 0 saturated heterocycles. The van der Waals surface area contributed by atoms with Crippen molar-refractivity contribution in [1.29, 1.82) is 0 Å². The maximum Gasteiger partial charge on any atom is 0.300 e. The zero-order chi connectivity index (χ0) is 19.1. The quantitative estimate of drug-likeness (QED) is 0.697. The second-order valence-electron chi connectivity index (χ2n) is 6.21. The Hall–Kier alpha value is -2.44. The molecule has 0 radical (unpaired) electrons. The molecule has 0 aliphatic carbocycles. The summed E-state index contributed by atoms with van der Waals surface area (Å²) in [5.41, 5.74) is 4.13. The van der Waals surface area contributed by atoms with Gasteiger partial charge in [-0.05, 0) is 61.3 Å². The summed E-state index contributed by atoms with van der Waals surface area (Å²) in [6, 6.07) is 26.4. The summed E-state index contributed by atoms with van der Waals surface area (Å²) >= 11 is 0. The van der Waals surface area contributed by atoms with E-state index in [0.717, 1.165) is 6.92 Å². The van der Waals surface area contributed by atoms with Crippen LogP contribution in [0.25, 0.3) is 0 Å². The third-order valence-corrected chi connectivity index (χ3v) is 7.02. The van der Waals surface area contributed by atoms with Crippen LogP contribution in [0.5, 0.6) is 0 Å². The largest absolute Gasteiger partial charge is 0.481 e. The van der Waals surface area contributed by atoms with Crippen molar-refractivity contribution in [3.63, 3.8) is 0 Å². The molecule has 0 amide bonds. The molecule has 134 valence electrons. The number of carboxylic acid groups (broad SMARTS) is 1. The first-order chi connectivity index (χ1) is 12.4. The Morgan fingerprint density at radius 1 is 0.654 bits per heavy atom. The molecular formula is C23H25O2P. The summed E-state index contributed by atoms with van der Waals surface area (Å²) in [6.07, 6.45) is 0. The summed E-state index contributed by atoms with van der Waals surface area (Å²) in [4.78, 5) is 9.00. The van der Waals surface area contributed by atoms with Crippen LogP contribution in [-0.2, 0) is 4.79 Å². The minimum absolute atomic E-state index is 0.508. The van der Waals surface area contributed by atoms with Crippen molar-refractivity contribution in [1.82, 2.24) is 0 Å². The fourth-order valence-electron chi connectivity index (χ4n) is 2.83. The minimum Gasteiger partial charge on any atom is -0.481 e. The van der Waals surface area contributed by atoms with Crippen molar-refractivity contribution in [3.8, 4) is 0 Å². The molecule has 0 unspecified atom stereocenters. The SMILES string of the molecule is CC(=O)O.Cc1ccccc1P(c1ccccc1C)c1ccccc1C. The molecule has 0 heterocycles. The van der Waals surface area contributed by atoms with E-state index in [4.69, 9.17) is 9.90 Å². The van der Waals surface area contributed by atoms with E-state index >= 15 is 0 Å². The van der Waals surface area contributed by atoms with Crippen molar-refractivity contribution in [2.75, 3.05) is 0 Å².